The van der Waals surface area contributed by atoms with Crippen LogP contribution >= 0.6 is 11.6 Å². The van der Waals surface area contributed by atoms with Gasteiger partial charge in [-0.05, 0) is 39.6 Å². The molecule has 1 amide bonds. The number of rotatable bonds is 7. The Balaban J connectivity index is 2.71. The molecular weight excluding hydrogens is 290 g/mol. The van der Waals surface area contributed by atoms with Crippen molar-refractivity contribution in [2.45, 2.75) is 32.3 Å². The van der Waals surface area contributed by atoms with Gasteiger partial charge < -0.3 is 15.3 Å². The summed E-state index contributed by atoms with van der Waals surface area (Å²) in [7, 11) is 3.74. The molecule has 2 N–H and O–H groups in total. The quantitative estimate of drug-likeness (QED) is 0.752. The molecule has 5 nitrogen and oxygen atoms in total. The molecule has 1 unspecified atom stereocenters. The van der Waals surface area contributed by atoms with Gasteiger partial charge in [-0.2, -0.15) is 0 Å². The molecule has 1 atom stereocenters. The number of nitrogens with zero attached hydrogens (tertiary/aromatic N) is 2. The van der Waals surface area contributed by atoms with Gasteiger partial charge >= 0.3 is 0 Å². The van der Waals surface area contributed by atoms with Crippen molar-refractivity contribution in [1.82, 2.24) is 15.2 Å². The van der Waals surface area contributed by atoms with Gasteiger partial charge in [0.25, 0.3) is 5.91 Å². The van der Waals surface area contributed by atoms with E-state index < -0.39 is 5.60 Å². The summed E-state index contributed by atoms with van der Waals surface area (Å²) in [5.41, 5.74) is 0.289. The van der Waals surface area contributed by atoms with Crippen LogP contribution in [0.25, 0.3) is 0 Å². The fraction of sp³-hybridized carbons (Fsp3) is 0.600. The van der Waals surface area contributed by atoms with Gasteiger partial charge in [0.1, 0.15) is 5.15 Å². The molecule has 1 aromatic rings. The molecule has 0 bridgehead atoms. The zero-order valence-electron chi connectivity index (χ0n) is 13.1. The van der Waals surface area contributed by atoms with E-state index in [1.165, 1.54) is 6.07 Å². The Hall–Kier alpha value is -1.17. The Morgan fingerprint density at radius 1 is 1.48 bits per heavy atom. The number of carbonyl (C=O) groups excluding carboxylic acids is 1. The Bertz CT molecular complexity index is 490. The number of aliphatic hydroxyl groups is 1. The van der Waals surface area contributed by atoms with Crippen molar-refractivity contribution < 1.29 is 9.90 Å². The van der Waals surface area contributed by atoms with Crippen LogP contribution in [0.15, 0.2) is 12.1 Å². The normalized spacial score (nSPS) is 14.0. The Morgan fingerprint density at radius 3 is 2.71 bits per heavy atom. The Morgan fingerprint density at radius 2 is 2.14 bits per heavy atom. The van der Waals surface area contributed by atoms with E-state index in [0.29, 0.717) is 17.3 Å². The van der Waals surface area contributed by atoms with Crippen LogP contribution in [0.4, 0.5) is 0 Å². The third-order valence-electron chi connectivity index (χ3n) is 2.90. The molecular formula is C15H24ClN3O2. The lowest BCUT2D eigenvalue weighted by molar-refractivity contribution is 0.0326. The number of likely N-dealkylation sites (N-methyl/N-ethyl adjacent to an activating group) is 1. The molecule has 0 aliphatic rings. The second kappa shape index (κ2) is 7.73. The van der Waals surface area contributed by atoms with Crippen LogP contribution in [-0.4, -0.2) is 53.7 Å². The maximum atomic E-state index is 12.2. The standard InChI is InChI=1S/C15H24ClN3O2/c1-5-6-12-7-11(8-13(16)18-12)14(20)17-9-15(2,21)10-19(3)4/h7-8,21H,5-6,9-10H2,1-4H3,(H,17,20). The highest BCUT2D eigenvalue weighted by Gasteiger charge is 2.22. The number of aryl methyl sites for hydroxylation is 1. The molecule has 6 heteroatoms. The van der Waals surface area contributed by atoms with E-state index in [9.17, 15) is 9.90 Å². The lowest BCUT2D eigenvalue weighted by Crippen LogP contribution is -2.47. The second-order valence-electron chi connectivity index (χ2n) is 5.84. The minimum atomic E-state index is -0.984. The number of hydrogen-bond acceptors (Lipinski definition) is 4. The first-order valence-corrected chi connectivity index (χ1v) is 7.43. The second-order valence-corrected chi connectivity index (χ2v) is 6.22. The van der Waals surface area contributed by atoms with Gasteiger partial charge in [-0.1, -0.05) is 24.9 Å². The van der Waals surface area contributed by atoms with Crippen molar-refractivity contribution in [3.63, 3.8) is 0 Å². The van der Waals surface area contributed by atoms with E-state index in [1.807, 2.05) is 25.9 Å². The summed E-state index contributed by atoms with van der Waals surface area (Å²) in [4.78, 5) is 18.2. The summed E-state index contributed by atoms with van der Waals surface area (Å²) < 4.78 is 0. The molecule has 1 rings (SSSR count). The predicted molar refractivity (Wildman–Crippen MR) is 84.8 cm³/mol. The van der Waals surface area contributed by atoms with Gasteiger partial charge in [0.05, 0.1) is 5.60 Å². The lowest BCUT2D eigenvalue weighted by Gasteiger charge is -2.27. The molecule has 0 aromatic carbocycles. The van der Waals surface area contributed by atoms with Crippen LogP contribution in [0.2, 0.25) is 5.15 Å². The molecule has 1 heterocycles. The van der Waals surface area contributed by atoms with Crippen molar-refractivity contribution in [2.24, 2.45) is 0 Å². The number of hydrogen-bond donors (Lipinski definition) is 2. The summed E-state index contributed by atoms with van der Waals surface area (Å²) in [6.07, 6.45) is 1.71. The molecule has 1 aromatic heterocycles. The molecule has 21 heavy (non-hydrogen) atoms. The molecule has 0 aliphatic heterocycles. The molecule has 0 saturated carbocycles. The lowest BCUT2D eigenvalue weighted by atomic mass is 10.1. The first-order valence-electron chi connectivity index (χ1n) is 7.05. The van der Waals surface area contributed by atoms with Crippen LogP contribution in [0.3, 0.4) is 0 Å². The van der Waals surface area contributed by atoms with Crippen molar-refractivity contribution in [3.05, 3.63) is 28.5 Å². The van der Waals surface area contributed by atoms with E-state index in [1.54, 1.807) is 13.0 Å². The number of amides is 1. The molecule has 0 saturated heterocycles. The zero-order chi connectivity index (χ0) is 16.0. The number of aromatic nitrogens is 1. The van der Waals surface area contributed by atoms with Crippen LogP contribution in [0.1, 0.15) is 36.3 Å². The monoisotopic (exact) mass is 313 g/mol. The Kier molecular flexibility index (Phi) is 6.58. The average Bonchev–Trinajstić information content (AvgIpc) is 2.34. The molecule has 0 fully saturated rings. The van der Waals surface area contributed by atoms with Gasteiger partial charge in [-0.3, -0.25) is 4.79 Å². The smallest absolute Gasteiger partial charge is 0.251 e. The van der Waals surface area contributed by atoms with Crippen LogP contribution < -0.4 is 5.32 Å². The van der Waals surface area contributed by atoms with Crippen molar-refractivity contribution in [2.75, 3.05) is 27.2 Å². The van der Waals surface area contributed by atoms with E-state index in [2.05, 4.69) is 10.3 Å². The largest absolute Gasteiger partial charge is 0.387 e. The summed E-state index contributed by atoms with van der Waals surface area (Å²) >= 11 is 5.94. The summed E-state index contributed by atoms with van der Waals surface area (Å²) in [6.45, 7) is 4.37. The first kappa shape index (κ1) is 17.9. The summed E-state index contributed by atoms with van der Waals surface area (Å²) in [5.74, 6) is -0.254. The predicted octanol–water partition coefficient (Wildman–Crippen LogP) is 1.73. The van der Waals surface area contributed by atoms with Gasteiger partial charge in [-0.25, -0.2) is 4.98 Å². The number of carbonyl (C=O) groups is 1. The molecule has 0 radical (unpaired) electrons. The Labute approximate surface area is 131 Å². The van der Waals surface area contributed by atoms with Gasteiger partial charge in [0, 0.05) is 24.3 Å². The summed E-state index contributed by atoms with van der Waals surface area (Å²) in [6, 6.07) is 3.28. The van der Waals surface area contributed by atoms with Gasteiger partial charge in [0.2, 0.25) is 0 Å². The molecule has 118 valence electrons. The van der Waals surface area contributed by atoms with Crippen LogP contribution in [0.5, 0.6) is 0 Å². The maximum Gasteiger partial charge on any atom is 0.251 e. The van der Waals surface area contributed by atoms with Crippen molar-refractivity contribution in [1.29, 1.82) is 0 Å². The fourth-order valence-electron chi connectivity index (χ4n) is 2.18. The van der Waals surface area contributed by atoms with Crippen LogP contribution in [-0.2, 0) is 6.42 Å². The third-order valence-corrected chi connectivity index (χ3v) is 3.10. The van der Waals surface area contributed by atoms with E-state index >= 15 is 0 Å². The number of halogens is 1. The zero-order valence-corrected chi connectivity index (χ0v) is 13.9. The van der Waals surface area contributed by atoms with Crippen molar-refractivity contribution in [3.8, 4) is 0 Å². The van der Waals surface area contributed by atoms with Crippen molar-refractivity contribution >= 4 is 17.5 Å². The molecule has 0 aliphatic carbocycles. The minimum Gasteiger partial charge on any atom is -0.387 e. The van der Waals surface area contributed by atoms with E-state index in [-0.39, 0.29) is 12.5 Å². The SMILES string of the molecule is CCCc1cc(C(=O)NCC(C)(O)CN(C)C)cc(Cl)n1. The number of nitrogens with one attached hydrogen (secondary N) is 1. The highest BCUT2D eigenvalue weighted by molar-refractivity contribution is 6.29. The van der Waals surface area contributed by atoms with Crippen LogP contribution in [0, 0.1) is 0 Å². The van der Waals surface area contributed by atoms with Gasteiger partial charge in [-0.15, -0.1) is 0 Å². The topological polar surface area (TPSA) is 65.5 Å². The fourth-order valence-corrected chi connectivity index (χ4v) is 2.40. The maximum absolute atomic E-state index is 12.2. The number of pyridine rings is 1. The van der Waals surface area contributed by atoms with Gasteiger partial charge in [0.15, 0.2) is 0 Å². The summed E-state index contributed by atoms with van der Waals surface area (Å²) in [5, 5.41) is 13.2. The molecule has 0 spiro atoms. The first-order chi connectivity index (χ1) is 9.73. The average molecular weight is 314 g/mol. The minimum absolute atomic E-state index is 0.174. The highest BCUT2D eigenvalue weighted by Crippen LogP contribution is 2.13. The highest BCUT2D eigenvalue weighted by atomic mass is 35.5. The third kappa shape index (κ3) is 6.42. The van der Waals surface area contributed by atoms with E-state index in [0.717, 1.165) is 18.5 Å². The van der Waals surface area contributed by atoms with E-state index in [4.69, 9.17) is 11.6 Å².